The summed E-state index contributed by atoms with van der Waals surface area (Å²) in [7, 11) is 0. The number of amides is 3. The first-order valence-electron chi connectivity index (χ1n) is 6.87. The second-order valence-corrected chi connectivity index (χ2v) is 4.61. The maximum atomic E-state index is 12.1. The second-order valence-electron chi connectivity index (χ2n) is 4.61. The number of aromatic hydroxyl groups is 1. The molecule has 0 bridgehead atoms. The Morgan fingerprint density at radius 1 is 1.33 bits per heavy atom. The fourth-order valence-electron chi connectivity index (χ4n) is 2.06. The molecule has 0 atom stereocenters. The van der Waals surface area contributed by atoms with E-state index in [2.05, 4.69) is 5.32 Å². The van der Waals surface area contributed by atoms with Gasteiger partial charge in [0.05, 0.1) is 6.61 Å². The Morgan fingerprint density at radius 3 is 2.76 bits per heavy atom. The molecule has 1 aromatic carbocycles. The molecule has 0 saturated carbocycles. The highest BCUT2D eigenvalue weighted by atomic mass is 16.5. The van der Waals surface area contributed by atoms with Gasteiger partial charge in [0.15, 0.2) is 11.5 Å². The van der Waals surface area contributed by atoms with Crippen LogP contribution in [0, 0.1) is 0 Å². The molecule has 112 valence electrons. The first-order valence-corrected chi connectivity index (χ1v) is 6.87. The van der Waals surface area contributed by atoms with Crippen LogP contribution < -0.4 is 10.1 Å². The summed E-state index contributed by atoms with van der Waals surface area (Å²) >= 11 is 0. The Morgan fingerprint density at radius 2 is 2.10 bits per heavy atom. The van der Waals surface area contributed by atoms with Gasteiger partial charge in [-0.05, 0) is 37.1 Å². The molecule has 0 unspecified atom stereocenters. The fourth-order valence-corrected chi connectivity index (χ4v) is 2.06. The van der Waals surface area contributed by atoms with Gasteiger partial charge in [0, 0.05) is 6.54 Å². The molecule has 2 N–H and O–H groups in total. The van der Waals surface area contributed by atoms with Gasteiger partial charge in [-0.1, -0.05) is 13.0 Å². The summed E-state index contributed by atoms with van der Waals surface area (Å²) in [5, 5.41) is 12.2. The average Bonchev–Trinajstić information content (AvgIpc) is 2.71. The Balaban J connectivity index is 2.26. The Hall–Kier alpha value is -2.50. The number of imide groups is 1. The topological polar surface area (TPSA) is 78.9 Å². The summed E-state index contributed by atoms with van der Waals surface area (Å²) in [6, 6.07) is 4.35. The molecule has 1 fully saturated rings. The highest BCUT2D eigenvalue weighted by Crippen LogP contribution is 2.28. The molecular weight excluding hydrogens is 272 g/mol. The van der Waals surface area contributed by atoms with E-state index in [9.17, 15) is 14.7 Å². The average molecular weight is 290 g/mol. The van der Waals surface area contributed by atoms with Gasteiger partial charge in [0.1, 0.15) is 5.70 Å². The molecule has 3 amide bonds. The highest BCUT2D eigenvalue weighted by Gasteiger charge is 2.32. The lowest BCUT2D eigenvalue weighted by Gasteiger charge is -2.08. The Labute approximate surface area is 123 Å². The first kappa shape index (κ1) is 14.9. The number of carbonyl (C=O) groups is 2. The van der Waals surface area contributed by atoms with Crippen molar-refractivity contribution in [2.45, 2.75) is 20.3 Å². The number of phenolic OH excluding ortho intramolecular Hbond substituents is 1. The summed E-state index contributed by atoms with van der Waals surface area (Å²) < 4.78 is 5.29. The summed E-state index contributed by atoms with van der Waals surface area (Å²) in [5.74, 6) is 0.0373. The minimum Gasteiger partial charge on any atom is -0.504 e. The van der Waals surface area contributed by atoms with Crippen LogP contribution in [0.5, 0.6) is 11.5 Å². The first-order chi connectivity index (χ1) is 10.1. The van der Waals surface area contributed by atoms with E-state index in [1.807, 2.05) is 13.8 Å². The molecule has 1 saturated heterocycles. The molecule has 1 aliphatic rings. The summed E-state index contributed by atoms with van der Waals surface area (Å²) in [4.78, 5) is 24.9. The van der Waals surface area contributed by atoms with Crippen LogP contribution in [0.15, 0.2) is 23.9 Å². The highest BCUT2D eigenvalue weighted by molar-refractivity contribution is 6.13. The molecule has 1 aliphatic heterocycles. The summed E-state index contributed by atoms with van der Waals surface area (Å²) in [5.41, 5.74) is 0.889. The molecule has 0 radical (unpaired) electrons. The van der Waals surface area contributed by atoms with Gasteiger partial charge in [-0.3, -0.25) is 9.69 Å². The maximum Gasteiger partial charge on any atom is 0.329 e. The molecule has 1 heterocycles. The van der Waals surface area contributed by atoms with E-state index in [-0.39, 0.29) is 17.4 Å². The van der Waals surface area contributed by atoms with Crippen molar-refractivity contribution in [1.29, 1.82) is 0 Å². The van der Waals surface area contributed by atoms with E-state index in [0.29, 0.717) is 30.9 Å². The molecule has 2 rings (SSSR count). The van der Waals surface area contributed by atoms with E-state index < -0.39 is 6.03 Å². The standard InChI is InChI=1S/C15H18N2O4/c1-3-7-17-14(19)11(16-15(17)20)8-10-5-6-12(18)13(9-10)21-4-2/h5-6,8-9,18H,3-4,7H2,1-2H3,(H,16,20)/b11-8+. The number of carbonyl (C=O) groups excluding carboxylic acids is 2. The molecular formula is C15H18N2O4. The molecule has 6 nitrogen and oxygen atoms in total. The second kappa shape index (κ2) is 6.30. The Kier molecular flexibility index (Phi) is 4.47. The van der Waals surface area contributed by atoms with Crippen LogP contribution in [0.3, 0.4) is 0 Å². The van der Waals surface area contributed by atoms with Crippen molar-refractivity contribution in [3.8, 4) is 11.5 Å². The Bertz CT molecular complexity index is 595. The van der Waals surface area contributed by atoms with Crippen molar-refractivity contribution < 1.29 is 19.4 Å². The minimum absolute atomic E-state index is 0.0355. The van der Waals surface area contributed by atoms with E-state index >= 15 is 0 Å². The van der Waals surface area contributed by atoms with Crippen molar-refractivity contribution in [2.24, 2.45) is 0 Å². The van der Waals surface area contributed by atoms with Gasteiger partial charge in [-0.25, -0.2) is 4.79 Å². The van der Waals surface area contributed by atoms with Crippen molar-refractivity contribution >= 4 is 18.0 Å². The summed E-state index contributed by atoms with van der Waals surface area (Å²) in [6.45, 7) is 4.53. The molecule has 0 aromatic heterocycles. The number of nitrogens with one attached hydrogen (secondary N) is 1. The van der Waals surface area contributed by atoms with Crippen molar-refractivity contribution in [1.82, 2.24) is 10.2 Å². The zero-order valence-corrected chi connectivity index (χ0v) is 12.0. The third-order valence-corrected chi connectivity index (χ3v) is 3.00. The maximum absolute atomic E-state index is 12.1. The van der Waals surface area contributed by atoms with Crippen LogP contribution in [-0.4, -0.2) is 35.1 Å². The number of hydrogen-bond acceptors (Lipinski definition) is 4. The fraction of sp³-hybridized carbons (Fsp3) is 0.333. The predicted octanol–water partition coefficient (Wildman–Crippen LogP) is 2.09. The van der Waals surface area contributed by atoms with E-state index in [4.69, 9.17) is 4.74 Å². The van der Waals surface area contributed by atoms with Crippen LogP contribution >= 0.6 is 0 Å². The van der Waals surface area contributed by atoms with Gasteiger partial charge in [0.25, 0.3) is 5.91 Å². The SMILES string of the molecule is CCCN1C(=O)N/C(=C/c2ccc(O)c(OCC)c2)C1=O. The smallest absolute Gasteiger partial charge is 0.329 e. The van der Waals surface area contributed by atoms with Gasteiger partial charge in [0.2, 0.25) is 0 Å². The quantitative estimate of drug-likeness (QED) is 0.643. The number of urea groups is 1. The molecule has 1 aromatic rings. The third-order valence-electron chi connectivity index (χ3n) is 3.00. The molecule has 0 spiro atoms. The summed E-state index contributed by atoms with van der Waals surface area (Å²) in [6.07, 6.45) is 2.28. The van der Waals surface area contributed by atoms with Crippen molar-refractivity contribution in [2.75, 3.05) is 13.2 Å². The monoisotopic (exact) mass is 290 g/mol. The van der Waals surface area contributed by atoms with Crippen LogP contribution in [0.25, 0.3) is 6.08 Å². The van der Waals surface area contributed by atoms with Crippen LogP contribution in [-0.2, 0) is 4.79 Å². The number of ether oxygens (including phenoxy) is 1. The number of phenols is 1. The van der Waals surface area contributed by atoms with Gasteiger partial charge in [-0.15, -0.1) is 0 Å². The van der Waals surface area contributed by atoms with Crippen LogP contribution in [0.2, 0.25) is 0 Å². The number of hydrogen-bond donors (Lipinski definition) is 2. The molecule has 21 heavy (non-hydrogen) atoms. The lowest BCUT2D eigenvalue weighted by atomic mass is 10.1. The van der Waals surface area contributed by atoms with Gasteiger partial charge < -0.3 is 15.2 Å². The van der Waals surface area contributed by atoms with E-state index in [1.54, 1.807) is 18.2 Å². The molecule has 0 aliphatic carbocycles. The number of nitrogens with zero attached hydrogens (tertiary/aromatic N) is 1. The van der Waals surface area contributed by atoms with Crippen LogP contribution in [0.1, 0.15) is 25.8 Å². The minimum atomic E-state index is -0.406. The van der Waals surface area contributed by atoms with Crippen molar-refractivity contribution in [3.63, 3.8) is 0 Å². The zero-order valence-electron chi connectivity index (χ0n) is 12.0. The zero-order chi connectivity index (χ0) is 15.4. The lowest BCUT2D eigenvalue weighted by molar-refractivity contribution is -0.122. The van der Waals surface area contributed by atoms with Gasteiger partial charge >= 0.3 is 6.03 Å². The van der Waals surface area contributed by atoms with Crippen molar-refractivity contribution in [3.05, 3.63) is 29.5 Å². The van der Waals surface area contributed by atoms with Crippen LogP contribution in [0.4, 0.5) is 4.79 Å². The van der Waals surface area contributed by atoms with E-state index in [0.717, 1.165) is 0 Å². The largest absolute Gasteiger partial charge is 0.504 e. The predicted molar refractivity (Wildman–Crippen MR) is 77.8 cm³/mol. The van der Waals surface area contributed by atoms with Gasteiger partial charge in [-0.2, -0.15) is 0 Å². The number of rotatable bonds is 5. The normalized spacial score (nSPS) is 16.5. The third kappa shape index (κ3) is 3.16. The van der Waals surface area contributed by atoms with E-state index in [1.165, 1.54) is 11.0 Å². The lowest BCUT2D eigenvalue weighted by Crippen LogP contribution is -2.31. The molecule has 6 heteroatoms. The number of benzene rings is 1.